The molecule has 26 heavy (non-hydrogen) atoms. The molecule has 0 N–H and O–H groups in total. The predicted molar refractivity (Wildman–Crippen MR) is 96.6 cm³/mol. The fraction of sp³-hybridized carbons (Fsp3) is 0.412. The van der Waals surface area contributed by atoms with E-state index in [0.29, 0.717) is 30.8 Å². The van der Waals surface area contributed by atoms with E-state index in [2.05, 4.69) is 15.0 Å². The first-order valence-corrected chi connectivity index (χ1v) is 9.30. The van der Waals surface area contributed by atoms with Crippen LogP contribution in [0.2, 0.25) is 0 Å². The first kappa shape index (κ1) is 16.8. The van der Waals surface area contributed by atoms with Crippen molar-refractivity contribution >= 4 is 41.2 Å². The highest BCUT2D eigenvalue weighted by Gasteiger charge is 2.41. The quantitative estimate of drug-likeness (QED) is 0.790. The van der Waals surface area contributed by atoms with Gasteiger partial charge < -0.3 is 4.90 Å². The van der Waals surface area contributed by atoms with Crippen molar-refractivity contribution in [2.24, 2.45) is 15.9 Å². The SMILES string of the molecule is Cc1ncsc1C(=O)N1CCC(N2C(=O)N=C3N=CC=CC3C2=O)CC1. The van der Waals surface area contributed by atoms with Gasteiger partial charge in [0.2, 0.25) is 5.91 Å². The second-order valence-corrected chi connectivity index (χ2v) is 7.25. The van der Waals surface area contributed by atoms with Crippen molar-refractivity contribution in [1.82, 2.24) is 14.8 Å². The molecule has 3 aliphatic rings. The van der Waals surface area contributed by atoms with E-state index in [9.17, 15) is 14.4 Å². The molecule has 0 spiro atoms. The first-order valence-electron chi connectivity index (χ1n) is 8.42. The number of imide groups is 1. The third-order valence-electron chi connectivity index (χ3n) is 4.85. The first-order chi connectivity index (χ1) is 12.6. The fourth-order valence-corrected chi connectivity index (χ4v) is 4.22. The highest BCUT2D eigenvalue weighted by molar-refractivity contribution is 7.11. The van der Waals surface area contributed by atoms with Crippen molar-refractivity contribution in [3.05, 3.63) is 28.2 Å². The van der Waals surface area contributed by atoms with Gasteiger partial charge in [-0.05, 0) is 25.8 Å². The van der Waals surface area contributed by atoms with Crippen molar-refractivity contribution < 1.29 is 14.4 Å². The highest BCUT2D eigenvalue weighted by Crippen LogP contribution is 2.26. The van der Waals surface area contributed by atoms with Crippen molar-refractivity contribution in [3.8, 4) is 0 Å². The summed E-state index contributed by atoms with van der Waals surface area (Å²) in [5.41, 5.74) is 2.39. The van der Waals surface area contributed by atoms with Gasteiger partial charge in [0.1, 0.15) is 16.6 Å². The number of hydrogen-bond donors (Lipinski definition) is 0. The van der Waals surface area contributed by atoms with Gasteiger partial charge in [-0.25, -0.2) is 14.8 Å². The van der Waals surface area contributed by atoms with E-state index in [1.807, 2.05) is 6.92 Å². The van der Waals surface area contributed by atoms with Gasteiger partial charge in [0.25, 0.3) is 5.91 Å². The summed E-state index contributed by atoms with van der Waals surface area (Å²) in [6, 6.07) is -0.803. The van der Waals surface area contributed by atoms with Crippen LogP contribution >= 0.6 is 11.3 Å². The van der Waals surface area contributed by atoms with E-state index in [-0.39, 0.29) is 23.7 Å². The number of aliphatic imine (C=N–C) groups is 2. The maximum Gasteiger partial charge on any atom is 0.352 e. The molecule has 0 aromatic carbocycles. The Bertz CT molecular complexity index is 864. The number of aryl methyl sites for hydroxylation is 1. The van der Waals surface area contributed by atoms with Crippen LogP contribution in [-0.2, 0) is 4.79 Å². The number of carbonyl (C=O) groups is 3. The van der Waals surface area contributed by atoms with E-state index in [0.717, 1.165) is 5.69 Å². The van der Waals surface area contributed by atoms with Crippen molar-refractivity contribution in [1.29, 1.82) is 0 Å². The molecule has 4 rings (SSSR count). The van der Waals surface area contributed by atoms with Crippen LogP contribution in [0.3, 0.4) is 0 Å². The molecule has 3 aliphatic heterocycles. The lowest BCUT2D eigenvalue weighted by molar-refractivity contribution is -0.131. The van der Waals surface area contributed by atoms with Gasteiger partial charge in [0.15, 0.2) is 0 Å². The van der Waals surface area contributed by atoms with E-state index in [1.54, 1.807) is 22.6 Å². The minimum absolute atomic E-state index is 0.0374. The number of piperidine rings is 1. The van der Waals surface area contributed by atoms with Gasteiger partial charge in [0, 0.05) is 25.3 Å². The third-order valence-corrected chi connectivity index (χ3v) is 5.77. The number of likely N-dealkylation sites (tertiary alicyclic amines) is 1. The Labute approximate surface area is 153 Å². The number of aromatic nitrogens is 1. The van der Waals surface area contributed by atoms with Gasteiger partial charge in [-0.2, -0.15) is 4.99 Å². The average molecular weight is 371 g/mol. The molecule has 1 saturated heterocycles. The monoisotopic (exact) mass is 371 g/mol. The lowest BCUT2D eigenvalue weighted by Crippen LogP contribution is -2.54. The molecular weight excluding hydrogens is 354 g/mol. The second-order valence-electron chi connectivity index (χ2n) is 6.39. The zero-order valence-electron chi connectivity index (χ0n) is 14.2. The summed E-state index contributed by atoms with van der Waals surface area (Å²) in [6.07, 6.45) is 6.02. The topological polar surface area (TPSA) is 95.3 Å². The Hall–Kier alpha value is -2.68. The Kier molecular flexibility index (Phi) is 4.23. The number of urea groups is 1. The molecule has 0 aliphatic carbocycles. The lowest BCUT2D eigenvalue weighted by atomic mass is 9.97. The van der Waals surface area contributed by atoms with E-state index >= 15 is 0 Å². The summed E-state index contributed by atoms with van der Waals surface area (Å²) in [5.74, 6) is -0.648. The minimum atomic E-state index is -0.586. The molecule has 0 radical (unpaired) electrons. The summed E-state index contributed by atoms with van der Waals surface area (Å²) < 4.78 is 0. The number of carbonyl (C=O) groups excluding carboxylic acids is 3. The standard InChI is InChI=1S/C17H17N5O3S/c1-10-13(26-9-19-10)16(24)21-7-4-11(5-8-21)22-15(23)12-3-2-6-18-14(12)20-17(22)25/h2-3,6,9,11-12H,4-5,7-8H2,1H3. The van der Waals surface area contributed by atoms with Gasteiger partial charge in [-0.1, -0.05) is 6.08 Å². The van der Waals surface area contributed by atoms with Crippen molar-refractivity contribution in [2.45, 2.75) is 25.8 Å². The number of hydrogen-bond acceptors (Lipinski definition) is 6. The number of dihydropyridines is 1. The molecule has 1 aromatic heterocycles. The van der Waals surface area contributed by atoms with E-state index < -0.39 is 11.9 Å². The third kappa shape index (κ3) is 2.78. The molecule has 0 bridgehead atoms. The molecule has 1 atom stereocenters. The number of fused-ring (bicyclic) bond motifs is 1. The number of allylic oxidation sites excluding steroid dienone is 1. The Morgan fingerprint density at radius 1 is 1.27 bits per heavy atom. The fourth-order valence-electron chi connectivity index (χ4n) is 3.45. The largest absolute Gasteiger partial charge is 0.352 e. The lowest BCUT2D eigenvalue weighted by Gasteiger charge is -2.39. The molecule has 4 heterocycles. The molecular formula is C17H17N5O3S. The summed E-state index contributed by atoms with van der Waals surface area (Å²) in [6.45, 7) is 2.80. The van der Waals surface area contributed by atoms with Gasteiger partial charge >= 0.3 is 6.03 Å². The molecule has 1 fully saturated rings. The summed E-state index contributed by atoms with van der Waals surface area (Å²) in [7, 11) is 0. The van der Waals surface area contributed by atoms with Gasteiger partial charge in [0.05, 0.1) is 11.2 Å². The zero-order chi connectivity index (χ0) is 18.3. The highest BCUT2D eigenvalue weighted by atomic mass is 32.1. The molecule has 9 heteroatoms. The van der Waals surface area contributed by atoms with Crippen molar-refractivity contribution in [2.75, 3.05) is 13.1 Å². The maximum absolute atomic E-state index is 12.7. The van der Waals surface area contributed by atoms with Crippen LogP contribution in [0.25, 0.3) is 0 Å². The van der Waals surface area contributed by atoms with Crippen molar-refractivity contribution in [3.63, 3.8) is 0 Å². The molecule has 0 saturated carbocycles. The smallest absolute Gasteiger partial charge is 0.338 e. The van der Waals surface area contributed by atoms with Gasteiger partial charge in [-0.3, -0.25) is 14.5 Å². The number of nitrogens with zero attached hydrogens (tertiary/aromatic N) is 5. The number of amidine groups is 1. The number of amides is 4. The summed E-state index contributed by atoms with van der Waals surface area (Å²) >= 11 is 1.33. The molecule has 1 aromatic rings. The Morgan fingerprint density at radius 3 is 2.73 bits per heavy atom. The summed E-state index contributed by atoms with van der Waals surface area (Å²) in [5, 5.41) is 0. The van der Waals surface area contributed by atoms with E-state index in [4.69, 9.17) is 0 Å². The van der Waals surface area contributed by atoms with Crippen LogP contribution < -0.4 is 0 Å². The summed E-state index contributed by atoms with van der Waals surface area (Å²) in [4.78, 5) is 53.4. The molecule has 1 unspecified atom stereocenters. The van der Waals surface area contributed by atoms with Crippen LogP contribution in [0.5, 0.6) is 0 Å². The van der Waals surface area contributed by atoms with Crippen LogP contribution in [0, 0.1) is 12.8 Å². The average Bonchev–Trinajstić information content (AvgIpc) is 3.08. The van der Waals surface area contributed by atoms with Crippen LogP contribution in [0.1, 0.15) is 28.2 Å². The van der Waals surface area contributed by atoms with Gasteiger partial charge in [-0.15, -0.1) is 11.3 Å². The number of rotatable bonds is 2. The van der Waals surface area contributed by atoms with Crippen LogP contribution in [0.15, 0.2) is 27.6 Å². The van der Waals surface area contributed by atoms with E-state index in [1.165, 1.54) is 22.5 Å². The minimum Gasteiger partial charge on any atom is -0.338 e. The molecule has 8 nitrogen and oxygen atoms in total. The Morgan fingerprint density at radius 2 is 2.04 bits per heavy atom. The second kappa shape index (κ2) is 6.56. The number of thiazole rings is 1. The zero-order valence-corrected chi connectivity index (χ0v) is 15.0. The van der Waals surface area contributed by atoms with Crippen LogP contribution in [-0.4, -0.2) is 63.8 Å². The maximum atomic E-state index is 12.7. The normalized spacial score (nSPS) is 23.3. The Balaban J connectivity index is 1.46. The predicted octanol–water partition coefficient (Wildman–Crippen LogP) is 1.67. The molecule has 134 valence electrons. The van der Waals surface area contributed by atoms with Crippen LogP contribution in [0.4, 0.5) is 4.79 Å². The molecule has 4 amide bonds.